The molecule has 1 amide bonds. The van der Waals surface area contributed by atoms with Gasteiger partial charge in [0, 0.05) is 38.7 Å². The number of benzene rings is 1. The van der Waals surface area contributed by atoms with Crippen LogP contribution in [0.1, 0.15) is 30.6 Å². The van der Waals surface area contributed by atoms with Crippen LogP contribution < -0.4 is 10.5 Å². The second-order valence-corrected chi connectivity index (χ2v) is 5.79. The largest absolute Gasteiger partial charge is 0.495 e. The van der Waals surface area contributed by atoms with E-state index in [-0.39, 0.29) is 17.7 Å². The average Bonchev–Trinajstić information content (AvgIpc) is 2.55. The number of nitrogens with two attached hydrogens (primary N) is 1. The second-order valence-electron chi connectivity index (χ2n) is 5.79. The first-order chi connectivity index (χ1) is 11.0. The molecular weight excluding hydrogens is 294 g/mol. The van der Waals surface area contributed by atoms with Gasteiger partial charge >= 0.3 is 0 Å². The van der Waals surface area contributed by atoms with Gasteiger partial charge in [-0.05, 0) is 24.6 Å². The first-order valence-electron chi connectivity index (χ1n) is 7.95. The molecule has 1 aromatic rings. The van der Waals surface area contributed by atoms with Crippen LogP contribution in [-0.2, 0) is 4.79 Å². The molecule has 23 heavy (non-hydrogen) atoms. The molecule has 0 aromatic heterocycles. The van der Waals surface area contributed by atoms with E-state index in [0.717, 1.165) is 19.5 Å². The van der Waals surface area contributed by atoms with Crippen LogP contribution >= 0.6 is 0 Å². The molecule has 0 bridgehead atoms. The number of rotatable bonds is 5. The van der Waals surface area contributed by atoms with E-state index >= 15 is 0 Å². The minimum Gasteiger partial charge on any atom is -0.495 e. The van der Waals surface area contributed by atoms with Crippen LogP contribution in [0.3, 0.4) is 0 Å². The third-order valence-electron chi connectivity index (χ3n) is 4.40. The number of carbonyl (C=O) groups excluding carboxylic acids is 2. The molecule has 126 valence electrons. The summed E-state index contributed by atoms with van der Waals surface area (Å²) in [5.41, 5.74) is 6.97. The Bertz CT molecular complexity index is 580. The van der Waals surface area contributed by atoms with E-state index < -0.39 is 0 Å². The number of anilines is 1. The van der Waals surface area contributed by atoms with E-state index in [1.54, 1.807) is 32.2 Å². The lowest BCUT2D eigenvalue weighted by atomic mass is 9.99. The zero-order chi connectivity index (χ0) is 17.0. The first kappa shape index (κ1) is 17.3. The van der Waals surface area contributed by atoms with E-state index in [1.165, 1.54) is 0 Å². The van der Waals surface area contributed by atoms with Crippen molar-refractivity contribution in [2.45, 2.75) is 26.3 Å². The molecule has 0 saturated carbocycles. The molecule has 1 saturated heterocycles. The van der Waals surface area contributed by atoms with Crippen molar-refractivity contribution >= 4 is 17.4 Å². The van der Waals surface area contributed by atoms with Crippen LogP contribution in [0.15, 0.2) is 18.2 Å². The molecule has 1 aliphatic rings. The summed E-state index contributed by atoms with van der Waals surface area (Å²) in [6, 6.07) is 4.97. The van der Waals surface area contributed by atoms with Crippen molar-refractivity contribution in [3.8, 4) is 5.75 Å². The molecule has 1 unspecified atom stereocenters. The number of amides is 1. The highest BCUT2D eigenvalue weighted by Crippen LogP contribution is 2.24. The fourth-order valence-corrected chi connectivity index (χ4v) is 3.04. The summed E-state index contributed by atoms with van der Waals surface area (Å²) in [5.74, 6) is 0.731. The van der Waals surface area contributed by atoms with Gasteiger partial charge in [0.25, 0.3) is 0 Å². The summed E-state index contributed by atoms with van der Waals surface area (Å²) >= 11 is 0. The van der Waals surface area contributed by atoms with Gasteiger partial charge in [-0.1, -0.05) is 6.92 Å². The van der Waals surface area contributed by atoms with Crippen LogP contribution in [0.5, 0.6) is 5.75 Å². The number of nitrogens with zero attached hydrogens (tertiary/aromatic N) is 2. The number of Topliss-reactive ketones (excluding diaryl/α,β-unsaturated/α-hetero) is 1. The molecule has 1 aromatic carbocycles. The third kappa shape index (κ3) is 3.82. The van der Waals surface area contributed by atoms with Crippen molar-refractivity contribution < 1.29 is 14.3 Å². The number of carbonyl (C=O) groups is 2. The van der Waals surface area contributed by atoms with E-state index in [1.807, 2.05) is 11.8 Å². The molecule has 1 atom stereocenters. The van der Waals surface area contributed by atoms with Crippen LogP contribution in [0.25, 0.3) is 0 Å². The highest BCUT2D eigenvalue weighted by Gasteiger charge is 2.29. The quantitative estimate of drug-likeness (QED) is 0.656. The smallest absolute Gasteiger partial charge is 0.219 e. The van der Waals surface area contributed by atoms with Crippen molar-refractivity contribution in [3.63, 3.8) is 0 Å². The molecule has 1 fully saturated rings. The summed E-state index contributed by atoms with van der Waals surface area (Å²) < 4.78 is 5.13. The lowest BCUT2D eigenvalue weighted by Crippen LogP contribution is -2.53. The lowest BCUT2D eigenvalue weighted by Gasteiger charge is -2.38. The molecule has 0 radical (unpaired) electrons. The Morgan fingerprint density at radius 3 is 2.39 bits per heavy atom. The number of nitrogen functional groups attached to an aromatic ring is 1. The van der Waals surface area contributed by atoms with Gasteiger partial charge in [-0.15, -0.1) is 0 Å². The number of hydrogen-bond donors (Lipinski definition) is 1. The van der Waals surface area contributed by atoms with Crippen molar-refractivity contribution in [1.82, 2.24) is 9.80 Å². The maximum Gasteiger partial charge on any atom is 0.219 e. The lowest BCUT2D eigenvalue weighted by molar-refractivity contribution is -0.130. The predicted octanol–water partition coefficient (Wildman–Crippen LogP) is 1.40. The Morgan fingerprint density at radius 1 is 1.26 bits per heavy atom. The molecule has 0 spiro atoms. The van der Waals surface area contributed by atoms with Gasteiger partial charge in [0.05, 0.1) is 18.8 Å². The first-order valence-corrected chi connectivity index (χ1v) is 7.95. The van der Waals surface area contributed by atoms with Crippen molar-refractivity contribution in [2.24, 2.45) is 0 Å². The van der Waals surface area contributed by atoms with Gasteiger partial charge in [-0.2, -0.15) is 0 Å². The fraction of sp³-hybridized carbons (Fsp3) is 0.529. The van der Waals surface area contributed by atoms with Crippen LogP contribution in [0, 0.1) is 0 Å². The standard InChI is InChI=1S/C17H25N3O3/c1-4-15(20-9-7-19(8-10-20)12(2)21)17(22)13-5-6-16(23-3)14(18)11-13/h5-6,11,15H,4,7-10,18H2,1-3H3. The van der Waals surface area contributed by atoms with E-state index in [4.69, 9.17) is 10.5 Å². The Kier molecular flexibility index (Phi) is 5.60. The second kappa shape index (κ2) is 7.46. The van der Waals surface area contributed by atoms with Gasteiger partial charge in [-0.3, -0.25) is 14.5 Å². The zero-order valence-electron chi connectivity index (χ0n) is 14.0. The Hall–Kier alpha value is -2.08. The number of hydrogen-bond acceptors (Lipinski definition) is 5. The number of piperazine rings is 1. The van der Waals surface area contributed by atoms with E-state index in [9.17, 15) is 9.59 Å². The zero-order valence-corrected chi connectivity index (χ0v) is 14.0. The SMILES string of the molecule is CCC(C(=O)c1ccc(OC)c(N)c1)N1CCN(C(C)=O)CC1. The number of ether oxygens (including phenoxy) is 1. The van der Waals surface area contributed by atoms with E-state index in [0.29, 0.717) is 30.1 Å². The van der Waals surface area contributed by atoms with Gasteiger partial charge in [0.1, 0.15) is 5.75 Å². The van der Waals surface area contributed by atoms with E-state index in [2.05, 4.69) is 4.90 Å². The molecule has 2 rings (SSSR count). The fourth-order valence-electron chi connectivity index (χ4n) is 3.04. The van der Waals surface area contributed by atoms with Crippen LogP contribution in [-0.4, -0.2) is 60.8 Å². The third-order valence-corrected chi connectivity index (χ3v) is 4.40. The minimum absolute atomic E-state index is 0.0677. The number of ketones is 1. The highest BCUT2D eigenvalue weighted by molar-refractivity contribution is 6.01. The maximum atomic E-state index is 12.8. The van der Waals surface area contributed by atoms with Gasteiger partial charge in [0.15, 0.2) is 5.78 Å². The van der Waals surface area contributed by atoms with Gasteiger partial charge in [0.2, 0.25) is 5.91 Å². The number of methoxy groups -OCH3 is 1. The monoisotopic (exact) mass is 319 g/mol. The minimum atomic E-state index is -0.183. The van der Waals surface area contributed by atoms with Gasteiger partial charge in [-0.25, -0.2) is 0 Å². The van der Waals surface area contributed by atoms with Crippen LogP contribution in [0.4, 0.5) is 5.69 Å². The summed E-state index contributed by atoms with van der Waals surface area (Å²) in [6.45, 7) is 6.36. The average molecular weight is 319 g/mol. The Morgan fingerprint density at radius 2 is 1.91 bits per heavy atom. The summed E-state index contributed by atoms with van der Waals surface area (Å²) in [7, 11) is 1.55. The molecule has 0 aliphatic carbocycles. The molecular formula is C17H25N3O3. The van der Waals surface area contributed by atoms with Crippen LogP contribution in [0.2, 0.25) is 0 Å². The van der Waals surface area contributed by atoms with Crippen molar-refractivity contribution in [1.29, 1.82) is 0 Å². The Labute approximate surface area is 137 Å². The summed E-state index contributed by atoms with van der Waals surface area (Å²) in [6.07, 6.45) is 0.727. The summed E-state index contributed by atoms with van der Waals surface area (Å²) in [4.78, 5) is 28.2. The van der Waals surface area contributed by atoms with Crippen molar-refractivity contribution in [2.75, 3.05) is 39.0 Å². The molecule has 1 heterocycles. The molecule has 6 nitrogen and oxygen atoms in total. The molecule has 2 N–H and O–H groups in total. The highest BCUT2D eigenvalue weighted by atomic mass is 16.5. The predicted molar refractivity (Wildman–Crippen MR) is 89.6 cm³/mol. The Balaban J connectivity index is 2.10. The normalized spacial score (nSPS) is 16.9. The molecule has 1 aliphatic heterocycles. The molecule has 6 heteroatoms. The summed E-state index contributed by atoms with van der Waals surface area (Å²) in [5, 5.41) is 0. The van der Waals surface area contributed by atoms with Gasteiger partial charge < -0.3 is 15.4 Å². The topological polar surface area (TPSA) is 75.9 Å². The maximum absolute atomic E-state index is 12.8. The van der Waals surface area contributed by atoms with Crippen molar-refractivity contribution in [3.05, 3.63) is 23.8 Å².